The summed E-state index contributed by atoms with van der Waals surface area (Å²) in [6, 6.07) is 0.0676. The first-order valence-corrected chi connectivity index (χ1v) is 5.79. The summed E-state index contributed by atoms with van der Waals surface area (Å²) in [5.74, 6) is -1.24. The molecule has 17 heavy (non-hydrogen) atoms. The lowest BCUT2D eigenvalue weighted by Crippen LogP contribution is -2.41. The Bertz CT molecular complexity index is 283. The zero-order chi connectivity index (χ0) is 12.8. The van der Waals surface area contributed by atoms with Crippen LogP contribution in [-0.2, 0) is 14.3 Å². The zero-order valence-corrected chi connectivity index (χ0v) is 10.1. The Morgan fingerprint density at radius 1 is 1.47 bits per heavy atom. The van der Waals surface area contributed by atoms with E-state index in [1.54, 1.807) is 0 Å². The minimum Gasteiger partial charge on any atom is -0.480 e. The quantitative estimate of drug-likeness (QED) is 0.667. The number of carboxylic acid groups (broad SMARTS) is 1. The standard InChI is InChI=1S/C11H20N2O4/c1-17-5-4-13(7-10(14)15)11(16)8-2-3-9(12)6-8/h8-9H,2-7,12H2,1H3,(H,14,15). The number of hydrogen-bond acceptors (Lipinski definition) is 4. The molecule has 1 aliphatic rings. The molecule has 6 heteroatoms. The molecule has 0 aliphatic heterocycles. The summed E-state index contributed by atoms with van der Waals surface area (Å²) in [6.45, 7) is 0.388. The van der Waals surface area contributed by atoms with Gasteiger partial charge in [-0.25, -0.2) is 0 Å². The summed E-state index contributed by atoms with van der Waals surface area (Å²) in [7, 11) is 1.52. The Hall–Kier alpha value is -1.14. The summed E-state index contributed by atoms with van der Waals surface area (Å²) >= 11 is 0. The molecule has 0 aromatic carbocycles. The summed E-state index contributed by atoms with van der Waals surface area (Å²) in [5, 5.41) is 8.77. The number of carboxylic acids is 1. The summed E-state index contributed by atoms with van der Waals surface area (Å²) in [5.41, 5.74) is 5.75. The van der Waals surface area contributed by atoms with Crippen molar-refractivity contribution in [1.82, 2.24) is 4.90 Å². The molecule has 0 radical (unpaired) electrons. The normalized spacial score (nSPS) is 23.6. The van der Waals surface area contributed by atoms with Gasteiger partial charge in [0.25, 0.3) is 0 Å². The van der Waals surface area contributed by atoms with E-state index in [9.17, 15) is 9.59 Å². The van der Waals surface area contributed by atoms with Crippen LogP contribution in [0.15, 0.2) is 0 Å². The molecule has 98 valence electrons. The van der Waals surface area contributed by atoms with Crippen molar-refractivity contribution in [3.05, 3.63) is 0 Å². The molecule has 1 rings (SSSR count). The largest absolute Gasteiger partial charge is 0.480 e. The second-order valence-electron chi connectivity index (χ2n) is 4.42. The van der Waals surface area contributed by atoms with Crippen LogP contribution in [0.4, 0.5) is 0 Å². The Balaban J connectivity index is 2.55. The number of nitrogens with zero attached hydrogens (tertiary/aromatic N) is 1. The Morgan fingerprint density at radius 3 is 2.65 bits per heavy atom. The van der Waals surface area contributed by atoms with Crippen LogP contribution in [0.1, 0.15) is 19.3 Å². The molecule has 0 bridgehead atoms. The van der Waals surface area contributed by atoms with Crippen LogP contribution in [0, 0.1) is 5.92 Å². The molecule has 1 amide bonds. The maximum Gasteiger partial charge on any atom is 0.323 e. The number of aliphatic carboxylic acids is 1. The monoisotopic (exact) mass is 244 g/mol. The number of amides is 1. The first-order valence-electron chi connectivity index (χ1n) is 5.79. The summed E-state index contributed by atoms with van der Waals surface area (Å²) in [6.07, 6.45) is 2.24. The van der Waals surface area contributed by atoms with Crippen molar-refractivity contribution in [2.24, 2.45) is 11.7 Å². The molecule has 1 aliphatic carbocycles. The summed E-state index contributed by atoms with van der Waals surface area (Å²) in [4.78, 5) is 24.1. The van der Waals surface area contributed by atoms with Crippen LogP contribution in [0.25, 0.3) is 0 Å². The van der Waals surface area contributed by atoms with Gasteiger partial charge in [0.1, 0.15) is 6.54 Å². The van der Waals surface area contributed by atoms with Crippen LogP contribution < -0.4 is 5.73 Å². The average Bonchev–Trinajstić information content (AvgIpc) is 2.69. The fourth-order valence-electron chi connectivity index (χ4n) is 2.13. The molecule has 0 spiro atoms. The van der Waals surface area contributed by atoms with Crippen LogP contribution in [0.3, 0.4) is 0 Å². The van der Waals surface area contributed by atoms with Gasteiger partial charge in [-0.3, -0.25) is 9.59 Å². The van der Waals surface area contributed by atoms with Crippen LogP contribution >= 0.6 is 0 Å². The number of ether oxygens (including phenoxy) is 1. The SMILES string of the molecule is COCCN(CC(=O)O)C(=O)C1CCC(N)C1. The highest BCUT2D eigenvalue weighted by Crippen LogP contribution is 2.25. The molecule has 1 fully saturated rings. The zero-order valence-electron chi connectivity index (χ0n) is 10.1. The van der Waals surface area contributed by atoms with Gasteiger partial charge in [0, 0.05) is 25.6 Å². The topological polar surface area (TPSA) is 92.9 Å². The first kappa shape index (κ1) is 13.9. The molecule has 0 heterocycles. The third kappa shape index (κ3) is 4.32. The predicted octanol–water partition coefficient (Wildman–Crippen LogP) is -0.327. The number of nitrogens with two attached hydrogens (primary N) is 1. The smallest absolute Gasteiger partial charge is 0.323 e. The molecule has 0 saturated heterocycles. The van der Waals surface area contributed by atoms with Gasteiger partial charge >= 0.3 is 5.97 Å². The van der Waals surface area contributed by atoms with Gasteiger partial charge in [0.15, 0.2) is 0 Å². The van der Waals surface area contributed by atoms with Crippen molar-refractivity contribution >= 4 is 11.9 Å². The van der Waals surface area contributed by atoms with Gasteiger partial charge in [-0.1, -0.05) is 0 Å². The Labute approximate surface area is 101 Å². The van der Waals surface area contributed by atoms with Crippen LogP contribution in [-0.4, -0.2) is 54.7 Å². The Morgan fingerprint density at radius 2 is 2.18 bits per heavy atom. The van der Waals surface area contributed by atoms with Crippen molar-refractivity contribution in [3.63, 3.8) is 0 Å². The third-order valence-electron chi connectivity index (χ3n) is 3.03. The van der Waals surface area contributed by atoms with Gasteiger partial charge in [0.05, 0.1) is 6.61 Å². The van der Waals surface area contributed by atoms with E-state index in [-0.39, 0.29) is 24.4 Å². The second-order valence-corrected chi connectivity index (χ2v) is 4.42. The number of hydrogen-bond donors (Lipinski definition) is 2. The highest BCUT2D eigenvalue weighted by molar-refractivity contribution is 5.83. The average molecular weight is 244 g/mol. The van der Waals surface area contributed by atoms with E-state index in [1.807, 2.05) is 0 Å². The van der Waals surface area contributed by atoms with E-state index < -0.39 is 5.97 Å². The van der Waals surface area contributed by atoms with Gasteiger partial charge in [0.2, 0.25) is 5.91 Å². The minimum absolute atomic E-state index is 0.0676. The van der Waals surface area contributed by atoms with Gasteiger partial charge in [-0.2, -0.15) is 0 Å². The van der Waals surface area contributed by atoms with Crippen molar-refractivity contribution in [1.29, 1.82) is 0 Å². The van der Waals surface area contributed by atoms with E-state index >= 15 is 0 Å². The maximum atomic E-state index is 12.1. The number of methoxy groups -OCH3 is 1. The van der Waals surface area contributed by atoms with E-state index in [2.05, 4.69) is 0 Å². The summed E-state index contributed by atoms with van der Waals surface area (Å²) < 4.78 is 4.88. The highest BCUT2D eigenvalue weighted by Gasteiger charge is 2.31. The fourth-order valence-corrected chi connectivity index (χ4v) is 2.13. The molecule has 0 aromatic heterocycles. The molecule has 2 atom stereocenters. The van der Waals surface area contributed by atoms with E-state index in [0.29, 0.717) is 19.6 Å². The second kappa shape index (κ2) is 6.56. The molecular weight excluding hydrogens is 224 g/mol. The van der Waals surface area contributed by atoms with Gasteiger partial charge in [-0.05, 0) is 19.3 Å². The van der Waals surface area contributed by atoms with E-state index in [0.717, 1.165) is 12.8 Å². The third-order valence-corrected chi connectivity index (χ3v) is 3.03. The predicted molar refractivity (Wildman–Crippen MR) is 61.4 cm³/mol. The lowest BCUT2D eigenvalue weighted by molar-refractivity contribution is -0.146. The van der Waals surface area contributed by atoms with Crippen molar-refractivity contribution in [2.45, 2.75) is 25.3 Å². The Kier molecular flexibility index (Phi) is 5.37. The van der Waals surface area contributed by atoms with Crippen LogP contribution in [0.5, 0.6) is 0 Å². The van der Waals surface area contributed by atoms with E-state index in [1.165, 1.54) is 12.0 Å². The molecule has 1 saturated carbocycles. The lowest BCUT2D eigenvalue weighted by atomic mass is 10.1. The van der Waals surface area contributed by atoms with Crippen LogP contribution in [0.2, 0.25) is 0 Å². The molecule has 2 unspecified atom stereocenters. The van der Waals surface area contributed by atoms with Crippen molar-refractivity contribution in [2.75, 3.05) is 26.8 Å². The van der Waals surface area contributed by atoms with Gasteiger partial charge < -0.3 is 20.5 Å². The maximum absolute atomic E-state index is 12.1. The van der Waals surface area contributed by atoms with Gasteiger partial charge in [-0.15, -0.1) is 0 Å². The lowest BCUT2D eigenvalue weighted by Gasteiger charge is -2.23. The number of rotatable bonds is 6. The first-order chi connectivity index (χ1) is 8.04. The van der Waals surface area contributed by atoms with Crippen molar-refractivity contribution < 1.29 is 19.4 Å². The number of carbonyl (C=O) groups is 2. The molecular formula is C11H20N2O4. The molecule has 6 nitrogen and oxygen atoms in total. The van der Waals surface area contributed by atoms with Crippen molar-refractivity contribution in [3.8, 4) is 0 Å². The fraction of sp³-hybridized carbons (Fsp3) is 0.818. The molecule has 3 N–H and O–H groups in total. The highest BCUT2D eigenvalue weighted by atomic mass is 16.5. The van der Waals surface area contributed by atoms with E-state index in [4.69, 9.17) is 15.6 Å². The minimum atomic E-state index is -1.00. The number of carbonyl (C=O) groups excluding carboxylic acids is 1. The molecule has 0 aromatic rings.